The molecule has 1 saturated heterocycles. The third-order valence-electron chi connectivity index (χ3n) is 2.72. The molecule has 0 spiro atoms. The van der Waals surface area contributed by atoms with Crippen molar-refractivity contribution < 1.29 is 9.32 Å². The van der Waals surface area contributed by atoms with Gasteiger partial charge in [0.15, 0.2) is 0 Å². The molecule has 16 heavy (non-hydrogen) atoms. The number of alkyl halides is 1. The van der Waals surface area contributed by atoms with Crippen molar-refractivity contribution >= 4 is 17.5 Å². The maximum Gasteiger partial charge on any atom is 0.237 e. The molecule has 0 aliphatic carbocycles. The van der Waals surface area contributed by atoms with Crippen molar-refractivity contribution in [3.05, 3.63) is 18.0 Å². The van der Waals surface area contributed by atoms with E-state index in [2.05, 4.69) is 10.1 Å². The van der Waals surface area contributed by atoms with Crippen LogP contribution in [0.3, 0.4) is 0 Å². The molecule has 0 aromatic carbocycles. The lowest BCUT2D eigenvalue weighted by Crippen LogP contribution is -2.48. The number of hydrogen-bond donors (Lipinski definition) is 0. The van der Waals surface area contributed by atoms with Crippen LogP contribution < -0.4 is 0 Å². The van der Waals surface area contributed by atoms with Crippen LogP contribution in [0.25, 0.3) is 0 Å². The minimum Gasteiger partial charge on any atom is -0.364 e. The zero-order valence-electron chi connectivity index (χ0n) is 8.93. The molecule has 1 amide bonds. The lowest BCUT2D eigenvalue weighted by atomic mass is 10.3. The first-order chi connectivity index (χ1) is 7.79. The molecule has 0 saturated carbocycles. The molecule has 0 radical (unpaired) electrons. The van der Waals surface area contributed by atoms with Crippen LogP contribution in [0.2, 0.25) is 0 Å². The van der Waals surface area contributed by atoms with Gasteiger partial charge in [0.1, 0.15) is 12.1 Å². The Kier molecular flexibility index (Phi) is 3.79. The first kappa shape index (κ1) is 11.4. The number of nitrogens with zero attached hydrogens (tertiary/aromatic N) is 3. The molecule has 1 fully saturated rings. The summed E-state index contributed by atoms with van der Waals surface area (Å²) < 4.78 is 4.77. The van der Waals surface area contributed by atoms with Crippen LogP contribution in [-0.4, -0.2) is 52.9 Å². The molecule has 0 bridgehead atoms. The molecule has 1 aromatic heterocycles. The van der Waals surface area contributed by atoms with Crippen molar-refractivity contribution in [2.75, 3.05) is 32.1 Å². The molecule has 1 aliphatic rings. The van der Waals surface area contributed by atoms with E-state index in [9.17, 15) is 4.79 Å². The zero-order valence-corrected chi connectivity index (χ0v) is 9.69. The van der Waals surface area contributed by atoms with E-state index in [4.69, 9.17) is 16.1 Å². The Balaban J connectivity index is 1.79. The summed E-state index contributed by atoms with van der Waals surface area (Å²) >= 11 is 5.51. The van der Waals surface area contributed by atoms with Crippen LogP contribution in [0, 0.1) is 0 Å². The Morgan fingerprint density at radius 3 is 2.75 bits per heavy atom. The molecule has 0 unspecified atom stereocenters. The van der Waals surface area contributed by atoms with Gasteiger partial charge in [-0.25, -0.2) is 0 Å². The lowest BCUT2D eigenvalue weighted by molar-refractivity contribution is -0.130. The average molecular weight is 244 g/mol. The number of rotatable bonds is 3. The highest BCUT2D eigenvalue weighted by Gasteiger charge is 2.20. The second kappa shape index (κ2) is 5.32. The highest BCUT2D eigenvalue weighted by atomic mass is 35.5. The summed E-state index contributed by atoms with van der Waals surface area (Å²) in [6.07, 6.45) is 1.57. The van der Waals surface area contributed by atoms with E-state index in [1.165, 1.54) is 0 Å². The van der Waals surface area contributed by atoms with Gasteiger partial charge in [-0.1, -0.05) is 5.16 Å². The molecule has 5 nitrogen and oxygen atoms in total. The Bertz CT molecular complexity index is 334. The molecule has 6 heteroatoms. The number of carbonyl (C=O) groups is 1. The average Bonchev–Trinajstić information content (AvgIpc) is 2.82. The fraction of sp³-hybridized carbons (Fsp3) is 0.600. The summed E-state index contributed by atoms with van der Waals surface area (Å²) in [5, 5.41) is 3.86. The van der Waals surface area contributed by atoms with Gasteiger partial charge < -0.3 is 9.42 Å². The maximum absolute atomic E-state index is 11.3. The van der Waals surface area contributed by atoms with Crippen LogP contribution in [0.5, 0.6) is 0 Å². The summed E-state index contributed by atoms with van der Waals surface area (Å²) in [5.41, 5.74) is 0.928. The SMILES string of the molecule is O=C(CCl)N1CCN(Cc2ccon2)CC1. The smallest absolute Gasteiger partial charge is 0.237 e. The predicted molar refractivity (Wildman–Crippen MR) is 59.1 cm³/mol. The Hall–Kier alpha value is -1.07. The molecule has 2 heterocycles. The minimum atomic E-state index is 0.0164. The van der Waals surface area contributed by atoms with E-state index in [1.54, 1.807) is 11.2 Å². The molecule has 2 rings (SSSR count). The number of hydrogen-bond acceptors (Lipinski definition) is 4. The van der Waals surface area contributed by atoms with Gasteiger partial charge in [-0.3, -0.25) is 9.69 Å². The van der Waals surface area contributed by atoms with Gasteiger partial charge >= 0.3 is 0 Å². The molecule has 88 valence electrons. The summed E-state index contributed by atoms with van der Waals surface area (Å²) in [4.78, 5) is 15.4. The third kappa shape index (κ3) is 2.74. The first-order valence-corrected chi connectivity index (χ1v) is 5.78. The van der Waals surface area contributed by atoms with Gasteiger partial charge in [-0.05, 0) is 0 Å². The highest BCUT2D eigenvalue weighted by Crippen LogP contribution is 2.07. The molecule has 1 aliphatic heterocycles. The summed E-state index contributed by atoms with van der Waals surface area (Å²) in [7, 11) is 0. The number of carbonyl (C=O) groups excluding carboxylic acids is 1. The van der Waals surface area contributed by atoms with Crippen LogP contribution in [0.4, 0.5) is 0 Å². The zero-order chi connectivity index (χ0) is 11.4. The number of amides is 1. The molecule has 0 atom stereocenters. The summed E-state index contributed by atoms with van der Waals surface area (Å²) in [6.45, 7) is 3.97. The second-order valence-corrected chi connectivity index (χ2v) is 4.05. The van der Waals surface area contributed by atoms with Crippen molar-refractivity contribution in [3.8, 4) is 0 Å². The largest absolute Gasteiger partial charge is 0.364 e. The molecule has 0 N–H and O–H groups in total. The quantitative estimate of drug-likeness (QED) is 0.728. The standard InChI is InChI=1S/C10H14ClN3O2/c11-7-10(15)14-4-2-13(3-5-14)8-9-1-6-16-12-9/h1,6H,2-5,7-8H2. The Morgan fingerprint density at radius 2 is 2.19 bits per heavy atom. The van der Waals surface area contributed by atoms with Crippen molar-refractivity contribution in [1.82, 2.24) is 15.0 Å². The van der Waals surface area contributed by atoms with Gasteiger partial charge in [0.2, 0.25) is 5.91 Å². The van der Waals surface area contributed by atoms with Crippen molar-refractivity contribution in [2.45, 2.75) is 6.54 Å². The minimum absolute atomic E-state index is 0.0164. The van der Waals surface area contributed by atoms with Gasteiger partial charge in [0, 0.05) is 38.8 Å². The van der Waals surface area contributed by atoms with E-state index >= 15 is 0 Å². The molecule has 1 aromatic rings. The first-order valence-electron chi connectivity index (χ1n) is 5.25. The van der Waals surface area contributed by atoms with E-state index < -0.39 is 0 Å². The predicted octanol–water partition coefficient (Wildman–Crippen LogP) is 0.558. The Morgan fingerprint density at radius 1 is 1.44 bits per heavy atom. The number of halogens is 1. The fourth-order valence-corrected chi connectivity index (χ4v) is 1.96. The van der Waals surface area contributed by atoms with Crippen LogP contribution in [-0.2, 0) is 11.3 Å². The van der Waals surface area contributed by atoms with Crippen molar-refractivity contribution in [3.63, 3.8) is 0 Å². The summed E-state index contributed by atoms with van der Waals surface area (Å²) in [6, 6.07) is 1.86. The van der Waals surface area contributed by atoms with Crippen molar-refractivity contribution in [1.29, 1.82) is 0 Å². The molecular formula is C10H14ClN3O2. The van der Waals surface area contributed by atoms with E-state index in [1.807, 2.05) is 6.07 Å². The van der Waals surface area contributed by atoms with Gasteiger partial charge in [-0.15, -0.1) is 11.6 Å². The van der Waals surface area contributed by atoms with Crippen LogP contribution in [0.15, 0.2) is 16.9 Å². The van der Waals surface area contributed by atoms with E-state index in [0.717, 1.165) is 38.4 Å². The third-order valence-corrected chi connectivity index (χ3v) is 2.94. The van der Waals surface area contributed by atoms with Gasteiger partial charge in [0.25, 0.3) is 0 Å². The monoisotopic (exact) mass is 243 g/mol. The highest BCUT2D eigenvalue weighted by molar-refractivity contribution is 6.27. The second-order valence-electron chi connectivity index (χ2n) is 3.78. The van der Waals surface area contributed by atoms with Crippen LogP contribution >= 0.6 is 11.6 Å². The fourth-order valence-electron chi connectivity index (χ4n) is 1.79. The topological polar surface area (TPSA) is 49.6 Å². The van der Waals surface area contributed by atoms with E-state index in [0.29, 0.717) is 0 Å². The number of piperazine rings is 1. The van der Waals surface area contributed by atoms with E-state index in [-0.39, 0.29) is 11.8 Å². The lowest BCUT2D eigenvalue weighted by Gasteiger charge is -2.33. The van der Waals surface area contributed by atoms with Crippen LogP contribution in [0.1, 0.15) is 5.69 Å². The maximum atomic E-state index is 11.3. The number of aromatic nitrogens is 1. The normalized spacial score (nSPS) is 17.7. The van der Waals surface area contributed by atoms with Crippen molar-refractivity contribution in [2.24, 2.45) is 0 Å². The van der Waals surface area contributed by atoms with Gasteiger partial charge in [0.05, 0.1) is 5.69 Å². The Labute approximate surface area is 98.9 Å². The molecular weight excluding hydrogens is 230 g/mol. The summed E-state index contributed by atoms with van der Waals surface area (Å²) in [5.74, 6) is 0.0891. The van der Waals surface area contributed by atoms with Gasteiger partial charge in [-0.2, -0.15) is 0 Å².